The van der Waals surface area contributed by atoms with Crippen LogP contribution in [0, 0.1) is 0 Å². The summed E-state index contributed by atoms with van der Waals surface area (Å²) in [6.07, 6.45) is 2.32. The fraction of sp³-hybridized carbons (Fsp3) is 0.450. The largest absolute Gasteiger partial charge is 0.490 e. The number of nitrogens with zero attached hydrogens (tertiary/aromatic N) is 3. The van der Waals surface area contributed by atoms with Crippen molar-refractivity contribution in [2.24, 2.45) is 0 Å². The number of carbonyl (C=O) groups is 1. The summed E-state index contributed by atoms with van der Waals surface area (Å²) in [5, 5.41) is 7.97. The molecule has 7 heteroatoms. The predicted molar refractivity (Wildman–Crippen MR) is 102 cm³/mol. The van der Waals surface area contributed by atoms with Gasteiger partial charge in [0.1, 0.15) is 6.61 Å². The number of aromatic nitrogens is 2. The van der Waals surface area contributed by atoms with Crippen LogP contribution in [0.25, 0.3) is 0 Å². The Morgan fingerprint density at radius 2 is 1.96 bits per heavy atom. The van der Waals surface area contributed by atoms with Gasteiger partial charge in [-0.2, -0.15) is 0 Å². The third kappa shape index (κ3) is 5.32. The summed E-state index contributed by atoms with van der Waals surface area (Å²) in [5.74, 6) is 1.94. The van der Waals surface area contributed by atoms with E-state index in [1.807, 2.05) is 27.7 Å². The lowest BCUT2D eigenvalue weighted by molar-refractivity contribution is 0.0670. The van der Waals surface area contributed by atoms with Crippen molar-refractivity contribution >= 4 is 5.91 Å². The van der Waals surface area contributed by atoms with Crippen molar-refractivity contribution in [1.82, 2.24) is 15.1 Å². The normalized spacial score (nSPS) is 10.7. The van der Waals surface area contributed by atoms with Crippen LogP contribution in [-0.2, 0) is 13.0 Å². The van der Waals surface area contributed by atoms with Crippen molar-refractivity contribution in [3.05, 3.63) is 48.2 Å². The van der Waals surface area contributed by atoms with E-state index in [0.717, 1.165) is 0 Å². The van der Waals surface area contributed by atoms with Crippen LogP contribution < -0.4 is 9.47 Å². The van der Waals surface area contributed by atoms with Gasteiger partial charge in [-0.15, -0.1) is 10.2 Å². The molecular weight excluding hydrogens is 346 g/mol. The number of aryl methyl sites for hydroxylation is 1. The van der Waals surface area contributed by atoms with E-state index in [0.29, 0.717) is 48.5 Å². The Hall–Kier alpha value is -2.83. The molecule has 1 aromatic heterocycles. The fourth-order valence-corrected chi connectivity index (χ4v) is 2.47. The van der Waals surface area contributed by atoms with Crippen LogP contribution in [0.4, 0.5) is 0 Å². The highest BCUT2D eigenvalue weighted by atomic mass is 16.5. The van der Waals surface area contributed by atoms with Gasteiger partial charge in [0.05, 0.1) is 13.2 Å². The lowest BCUT2D eigenvalue weighted by Crippen LogP contribution is -2.36. The predicted octanol–water partition coefficient (Wildman–Crippen LogP) is 3.65. The first kappa shape index (κ1) is 20.5. The smallest absolute Gasteiger partial charge is 0.254 e. The third-order valence-electron chi connectivity index (χ3n) is 3.85. The molecule has 0 spiro atoms. The first-order chi connectivity index (χ1) is 13.0. The highest BCUT2D eigenvalue weighted by Crippen LogP contribution is 2.29. The second-order valence-electron chi connectivity index (χ2n) is 6.16. The van der Waals surface area contributed by atoms with Crippen molar-refractivity contribution in [3.8, 4) is 11.5 Å². The number of hydrogen-bond acceptors (Lipinski definition) is 6. The van der Waals surface area contributed by atoms with E-state index < -0.39 is 0 Å². The van der Waals surface area contributed by atoms with E-state index in [1.165, 1.54) is 0 Å². The Labute approximate surface area is 160 Å². The molecule has 0 saturated carbocycles. The Morgan fingerprint density at radius 3 is 2.56 bits per heavy atom. The zero-order valence-electron chi connectivity index (χ0n) is 16.4. The monoisotopic (exact) mass is 373 g/mol. The molecule has 0 aliphatic carbocycles. The van der Waals surface area contributed by atoms with Gasteiger partial charge in [0.2, 0.25) is 11.8 Å². The maximum atomic E-state index is 13.1. The number of carbonyl (C=O) groups excluding carboxylic acids is 1. The van der Waals surface area contributed by atoms with Gasteiger partial charge >= 0.3 is 0 Å². The molecule has 0 N–H and O–H groups in total. The van der Waals surface area contributed by atoms with E-state index in [2.05, 4.69) is 16.8 Å². The van der Waals surface area contributed by atoms with Crippen LogP contribution in [0.15, 0.2) is 35.3 Å². The fourth-order valence-electron chi connectivity index (χ4n) is 2.47. The van der Waals surface area contributed by atoms with E-state index in [1.54, 1.807) is 29.2 Å². The van der Waals surface area contributed by atoms with Crippen LogP contribution >= 0.6 is 0 Å². The minimum absolute atomic E-state index is 0.0401. The minimum atomic E-state index is -0.141. The summed E-state index contributed by atoms with van der Waals surface area (Å²) in [5.41, 5.74) is 0.508. The molecule has 1 amide bonds. The molecule has 1 aromatic carbocycles. The van der Waals surface area contributed by atoms with Gasteiger partial charge in [0, 0.05) is 18.0 Å². The van der Waals surface area contributed by atoms with E-state index >= 15 is 0 Å². The van der Waals surface area contributed by atoms with E-state index in [9.17, 15) is 4.79 Å². The summed E-state index contributed by atoms with van der Waals surface area (Å²) in [6, 6.07) is 5.12. The average molecular weight is 373 g/mol. The summed E-state index contributed by atoms with van der Waals surface area (Å²) in [7, 11) is 0. The Bertz CT molecular complexity index is 770. The number of hydrogen-bond donors (Lipinski definition) is 0. The van der Waals surface area contributed by atoms with Gasteiger partial charge in [-0.05, 0) is 39.0 Å². The summed E-state index contributed by atoms with van der Waals surface area (Å²) >= 11 is 0. The van der Waals surface area contributed by atoms with Crippen LogP contribution in [0.3, 0.4) is 0 Å². The lowest BCUT2D eigenvalue weighted by atomic mass is 10.1. The molecule has 7 nitrogen and oxygen atoms in total. The Kier molecular flexibility index (Phi) is 7.40. The molecule has 2 aromatic rings. The van der Waals surface area contributed by atoms with Gasteiger partial charge in [0.25, 0.3) is 5.91 Å². The highest BCUT2D eigenvalue weighted by molar-refractivity contribution is 5.95. The molecule has 27 heavy (non-hydrogen) atoms. The second-order valence-corrected chi connectivity index (χ2v) is 6.16. The molecule has 0 fully saturated rings. The number of rotatable bonds is 10. The molecule has 0 aliphatic rings. The summed E-state index contributed by atoms with van der Waals surface area (Å²) < 4.78 is 16.8. The van der Waals surface area contributed by atoms with Crippen molar-refractivity contribution in [3.63, 3.8) is 0 Å². The van der Waals surface area contributed by atoms with Crippen LogP contribution in [0.1, 0.15) is 49.8 Å². The molecule has 0 aliphatic heterocycles. The molecule has 0 bridgehead atoms. The standard InChI is InChI=1S/C20H27N3O4/c1-6-11-26-16-10-9-15(12-17(16)25-8-3)20(24)23(14(4)5)13-19-22-21-18(7-2)27-19/h6,9-10,12,14H,1,7-8,11,13H2,2-5H3. The molecule has 2 rings (SSSR count). The summed E-state index contributed by atoms with van der Waals surface area (Å²) in [4.78, 5) is 14.8. The molecule has 0 saturated heterocycles. The first-order valence-corrected chi connectivity index (χ1v) is 9.12. The summed E-state index contributed by atoms with van der Waals surface area (Å²) in [6.45, 7) is 12.4. The Balaban J connectivity index is 2.25. The Morgan fingerprint density at radius 1 is 1.22 bits per heavy atom. The van der Waals surface area contributed by atoms with Gasteiger partial charge in [-0.3, -0.25) is 4.79 Å². The second kappa shape index (κ2) is 9.75. The minimum Gasteiger partial charge on any atom is -0.490 e. The van der Waals surface area contributed by atoms with Crippen molar-refractivity contribution in [2.45, 2.75) is 46.7 Å². The third-order valence-corrected chi connectivity index (χ3v) is 3.85. The highest BCUT2D eigenvalue weighted by Gasteiger charge is 2.23. The first-order valence-electron chi connectivity index (χ1n) is 9.12. The van der Waals surface area contributed by atoms with Crippen LogP contribution in [0.5, 0.6) is 11.5 Å². The molecule has 0 atom stereocenters. The SMILES string of the molecule is C=CCOc1ccc(C(=O)N(Cc2nnc(CC)o2)C(C)C)cc1OCC. The maximum Gasteiger partial charge on any atom is 0.254 e. The topological polar surface area (TPSA) is 77.7 Å². The number of ether oxygens (including phenoxy) is 2. The van der Waals surface area contributed by atoms with Gasteiger partial charge in [-0.1, -0.05) is 19.6 Å². The number of benzene rings is 1. The molecule has 1 heterocycles. The van der Waals surface area contributed by atoms with Crippen molar-refractivity contribution in [1.29, 1.82) is 0 Å². The number of amides is 1. The van der Waals surface area contributed by atoms with Gasteiger partial charge < -0.3 is 18.8 Å². The zero-order valence-corrected chi connectivity index (χ0v) is 16.4. The van der Waals surface area contributed by atoms with Crippen LogP contribution in [0.2, 0.25) is 0 Å². The molecule has 0 unspecified atom stereocenters. The maximum absolute atomic E-state index is 13.1. The molecule has 0 radical (unpaired) electrons. The molecular formula is C20H27N3O4. The average Bonchev–Trinajstić information content (AvgIpc) is 3.12. The molecule has 146 valence electrons. The van der Waals surface area contributed by atoms with E-state index in [4.69, 9.17) is 13.9 Å². The zero-order chi connectivity index (χ0) is 19.8. The van der Waals surface area contributed by atoms with E-state index in [-0.39, 0.29) is 18.5 Å². The van der Waals surface area contributed by atoms with Crippen molar-refractivity contribution in [2.75, 3.05) is 13.2 Å². The lowest BCUT2D eigenvalue weighted by Gasteiger charge is -2.25. The quantitative estimate of drug-likeness (QED) is 0.592. The van der Waals surface area contributed by atoms with Crippen molar-refractivity contribution < 1.29 is 18.7 Å². The van der Waals surface area contributed by atoms with Crippen LogP contribution in [-0.4, -0.2) is 40.3 Å². The van der Waals surface area contributed by atoms with Gasteiger partial charge in [0.15, 0.2) is 11.5 Å². The van der Waals surface area contributed by atoms with Gasteiger partial charge in [-0.25, -0.2) is 0 Å².